The SMILES string of the molecule is Cc1scc2c1C(=O)CC2=C(C#N)C#N. The molecule has 2 rings (SSSR count). The molecule has 1 aliphatic carbocycles. The van der Waals surface area contributed by atoms with Gasteiger partial charge in [0.2, 0.25) is 0 Å². The van der Waals surface area contributed by atoms with Crippen LogP contribution >= 0.6 is 11.3 Å². The zero-order valence-corrected chi connectivity index (χ0v) is 8.81. The molecule has 4 heteroatoms. The lowest BCUT2D eigenvalue weighted by Crippen LogP contribution is -1.90. The number of Topliss-reactive ketones (excluding diaryl/α,β-unsaturated/α-hetero) is 1. The molecule has 0 spiro atoms. The number of fused-ring (bicyclic) bond motifs is 1. The molecule has 0 bridgehead atoms. The number of thiophene rings is 1. The van der Waals surface area contributed by atoms with Crippen molar-refractivity contribution < 1.29 is 4.79 Å². The van der Waals surface area contributed by atoms with Gasteiger partial charge in [0.1, 0.15) is 17.7 Å². The summed E-state index contributed by atoms with van der Waals surface area (Å²) in [5.41, 5.74) is 2.11. The molecule has 15 heavy (non-hydrogen) atoms. The number of ketones is 1. The van der Waals surface area contributed by atoms with Crippen molar-refractivity contribution in [2.24, 2.45) is 0 Å². The Bertz CT molecular complexity index is 550. The number of carbonyl (C=O) groups excluding carboxylic acids is 1. The van der Waals surface area contributed by atoms with Crippen molar-refractivity contribution in [3.05, 3.63) is 27.0 Å². The molecule has 3 nitrogen and oxygen atoms in total. The van der Waals surface area contributed by atoms with Gasteiger partial charge in [-0.25, -0.2) is 0 Å². The summed E-state index contributed by atoms with van der Waals surface area (Å²) in [4.78, 5) is 12.6. The molecule has 72 valence electrons. The van der Waals surface area contributed by atoms with Crippen molar-refractivity contribution in [3.8, 4) is 12.1 Å². The molecular formula is C11H6N2OS. The van der Waals surface area contributed by atoms with Gasteiger partial charge in [0.25, 0.3) is 0 Å². The second-order valence-electron chi connectivity index (χ2n) is 3.26. The highest BCUT2D eigenvalue weighted by Gasteiger charge is 2.29. The third kappa shape index (κ3) is 1.27. The van der Waals surface area contributed by atoms with E-state index in [-0.39, 0.29) is 17.8 Å². The minimum atomic E-state index is 0.0155. The van der Waals surface area contributed by atoms with E-state index in [1.165, 1.54) is 11.3 Å². The van der Waals surface area contributed by atoms with Gasteiger partial charge < -0.3 is 0 Å². The Morgan fingerprint density at radius 1 is 1.47 bits per heavy atom. The van der Waals surface area contributed by atoms with Crippen LogP contribution < -0.4 is 0 Å². The van der Waals surface area contributed by atoms with Crippen LogP contribution in [0, 0.1) is 29.6 Å². The molecule has 1 heterocycles. The van der Waals surface area contributed by atoms with Crippen LogP contribution in [0.2, 0.25) is 0 Å². The molecule has 0 unspecified atom stereocenters. The first-order chi connectivity index (χ1) is 7.19. The second kappa shape index (κ2) is 3.34. The largest absolute Gasteiger partial charge is 0.294 e. The minimum Gasteiger partial charge on any atom is -0.294 e. The van der Waals surface area contributed by atoms with E-state index in [2.05, 4.69) is 0 Å². The lowest BCUT2D eigenvalue weighted by molar-refractivity contribution is 0.100. The fourth-order valence-corrected chi connectivity index (χ4v) is 2.65. The fourth-order valence-electron chi connectivity index (χ4n) is 1.75. The maximum atomic E-state index is 11.6. The van der Waals surface area contributed by atoms with Gasteiger partial charge in [-0.3, -0.25) is 4.79 Å². The first kappa shape index (κ1) is 9.64. The molecular weight excluding hydrogens is 208 g/mol. The Labute approximate surface area is 90.9 Å². The molecule has 1 aliphatic rings. The number of hydrogen-bond acceptors (Lipinski definition) is 4. The number of nitrogens with zero attached hydrogens (tertiary/aromatic N) is 2. The van der Waals surface area contributed by atoms with Gasteiger partial charge in [-0.15, -0.1) is 11.3 Å². The summed E-state index contributed by atoms with van der Waals surface area (Å²) in [6, 6.07) is 3.67. The molecule has 1 aromatic heterocycles. The standard InChI is InChI=1S/C11H6N2OS/c1-6-11-9(5-15-6)8(2-10(11)14)7(3-12)4-13/h5H,2H2,1H3. The van der Waals surface area contributed by atoms with E-state index in [0.717, 1.165) is 10.4 Å². The molecule has 0 aliphatic heterocycles. The summed E-state index contributed by atoms with van der Waals surface area (Å²) >= 11 is 1.48. The maximum Gasteiger partial charge on any atom is 0.169 e. The molecule has 0 radical (unpaired) electrons. The second-order valence-corrected chi connectivity index (χ2v) is 4.34. The lowest BCUT2D eigenvalue weighted by Gasteiger charge is -1.92. The third-order valence-corrected chi connectivity index (χ3v) is 3.35. The zero-order chi connectivity index (χ0) is 11.0. The van der Waals surface area contributed by atoms with E-state index >= 15 is 0 Å². The predicted octanol–water partition coefficient (Wildman–Crippen LogP) is 2.44. The maximum absolute atomic E-state index is 11.6. The van der Waals surface area contributed by atoms with E-state index in [9.17, 15) is 4.79 Å². The molecule has 0 amide bonds. The Kier molecular flexibility index (Phi) is 2.15. The van der Waals surface area contributed by atoms with E-state index in [0.29, 0.717) is 11.1 Å². The Balaban J connectivity index is 2.72. The van der Waals surface area contributed by atoms with Gasteiger partial charge in [-0.2, -0.15) is 10.5 Å². The lowest BCUT2D eigenvalue weighted by atomic mass is 10.1. The minimum absolute atomic E-state index is 0.0155. The highest BCUT2D eigenvalue weighted by atomic mass is 32.1. The molecule has 0 fully saturated rings. The highest BCUT2D eigenvalue weighted by Crippen LogP contribution is 2.39. The van der Waals surface area contributed by atoms with Gasteiger partial charge in [0, 0.05) is 22.4 Å². The van der Waals surface area contributed by atoms with Crippen LogP contribution in [0.4, 0.5) is 0 Å². The van der Waals surface area contributed by atoms with Crippen molar-refractivity contribution >= 4 is 22.7 Å². The van der Waals surface area contributed by atoms with Crippen LogP contribution in [0.25, 0.3) is 5.57 Å². The van der Waals surface area contributed by atoms with E-state index in [1.54, 1.807) is 0 Å². The smallest absolute Gasteiger partial charge is 0.169 e. The van der Waals surface area contributed by atoms with Crippen LogP contribution in [0.15, 0.2) is 11.0 Å². The monoisotopic (exact) mass is 214 g/mol. The van der Waals surface area contributed by atoms with E-state index in [1.807, 2.05) is 24.4 Å². The third-order valence-electron chi connectivity index (χ3n) is 2.44. The molecule has 0 aromatic carbocycles. The number of rotatable bonds is 0. The first-order valence-corrected chi connectivity index (χ1v) is 5.22. The topological polar surface area (TPSA) is 64.7 Å². The van der Waals surface area contributed by atoms with Gasteiger partial charge in [-0.05, 0) is 17.9 Å². The van der Waals surface area contributed by atoms with Gasteiger partial charge in [0.15, 0.2) is 5.78 Å². The number of carbonyl (C=O) groups is 1. The van der Waals surface area contributed by atoms with E-state index < -0.39 is 0 Å². The number of hydrogen-bond donors (Lipinski definition) is 0. The average molecular weight is 214 g/mol. The van der Waals surface area contributed by atoms with Crippen LogP contribution in [0.3, 0.4) is 0 Å². The van der Waals surface area contributed by atoms with Crippen LogP contribution in [-0.4, -0.2) is 5.78 Å². The van der Waals surface area contributed by atoms with Gasteiger partial charge >= 0.3 is 0 Å². The average Bonchev–Trinajstić information content (AvgIpc) is 2.73. The molecule has 0 saturated carbocycles. The van der Waals surface area contributed by atoms with Crippen molar-refractivity contribution in [1.82, 2.24) is 0 Å². The normalized spacial score (nSPS) is 13.3. The molecule has 0 atom stereocenters. The predicted molar refractivity (Wildman–Crippen MR) is 56.1 cm³/mol. The summed E-state index contributed by atoms with van der Waals surface area (Å²) < 4.78 is 0. The number of nitriles is 2. The Morgan fingerprint density at radius 2 is 2.13 bits per heavy atom. The van der Waals surface area contributed by atoms with E-state index in [4.69, 9.17) is 10.5 Å². The van der Waals surface area contributed by atoms with Crippen LogP contribution in [-0.2, 0) is 0 Å². The summed E-state index contributed by atoms with van der Waals surface area (Å²) in [5.74, 6) is 0.0155. The summed E-state index contributed by atoms with van der Waals surface area (Å²) in [7, 11) is 0. The van der Waals surface area contributed by atoms with Crippen LogP contribution in [0.5, 0.6) is 0 Å². The van der Waals surface area contributed by atoms with Gasteiger partial charge in [-0.1, -0.05) is 0 Å². The fraction of sp³-hybridized carbons (Fsp3) is 0.182. The van der Waals surface area contributed by atoms with Crippen LogP contribution in [0.1, 0.15) is 27.2 Å². The zero-order valence-electron chi connectivity index (χ0n) is 8.00. The van der Waals surface area contributed by atoms with Crippen molar-refractivity contribution in [3.63, 3.8) is 0 Å². The quantitative estimate of drug-likeness (QED) is 0.623. The highest BCUT2D eigenvalue weighted by molar-refractivity contribution is 7.10. The van der Waals surface area contributed by atoms with Crippen molar-refractivity contribution in [1.29, 1.82) is 10.5 Å². The molecule has 0 N–H and O–H groups in total. The van der Waals surface area contributed by atoms with Gasteiger partial charge in [0.05, 0.1) is 0 Å². The number of aryl methyl sites for hydroxylation is 1. The summed E-state index contributed by atoms with van der Waals surface area (Å²) in [6.07, 6.45) is 0.190. The van der Waals surface area contributed by atoms with Crippen molar-refractivity contribution in [2.75, 3.05) is 0 Å². The first-order valence-electron chi connectivity index (χ1n) is 4.34. The Morgan fingerprint density at radius 3 is 2.73 bits per heavy atom. The van der Waals surface area contributed by atoms with Crippen molar-refractivity contribution in [2.45, 2.75) is 13.3 Å². The molecule has 1 aromatic rings. The Hall–Kier alpha value is -1.91. The molecule has 0 saturated heterocycles. The summed E-state index contributed by atoms with van der Waals surface area (Å²) in [5, 5.41) is 19.4. The number of allylic oxidation sites excluding steroid dienone is 2. The summed E-state index contributed by atoms with van der Waals surface area (Å²) in [6.45, 7) is 1.88.